The van der Waals surface area contributed by atoms with Gasteiger partial charge in [-0.05, 0) is 6.07 Å². The highest BCUT2D eigenvalue weighted by atomic mass is 15.2. The Balaban J connectivity index is 2.93. The second-order valence-corrected chi connectivity index (χ2v) is 2.66. The Hall–Kier alpha value is -1.45. The molecule has 2 heterocycles. The number of nitrogens with zero attached hydrogens (tertiary/aromatic N) is 3. The van der Waals surface area contributed by atoms with Gasteiger partial charge in [0.05, 0.1) is 5.52 Å². The monoisotopic (exact) mass is 150 g/mol. The topological polar surface area (TPSA) is 48.8 Å². The number of anilines is 1. The molecule has 2 aromatic heterocycles. The van der Waals surface area contributed by atoms with E-state index in [4.69, 9.17) is 5.73 Å². The maximum atomic E-state index is 5.60. The first kappa shape index (κ1) is 6.27. The Morgan fingerprint density at radius 1 is 1.45 bits per heavy atom. The normalized spacial score (nSPS) is 11.1. The zero-order chi connectivity index (χ0) is 8.01. The number of rotatable bonds is 0. The Bertz CT molecular complexity index is 396. The van der Waals surface area contributed by atoms with Crippen molar-refractivity contribution in [3.8, 4) is 0 Å². The number of nitrogen functional groups attached to an aromatic ring is 1. The van der Waals surface area contributed by atoms with Crippen LogP contribution in [0.25, 0.3) is 11.2 Å². The summed E-state index contributed by atoms with van der Waals surface area (Å²) in [6.07, 6.45) is 1.97. The molecule has 0 bridgehead atoms. The minimum Gasteiger partial charge on any atom is -0.369 e. The summed E-state index contributed by atoms with van der Waals surface area (Å²) in [6, 6.07) is 2.00. The molecule has 4 nitrogen and oxygen atoms in total. The Labute approximate surface area is 64.2 Å². The van der Waals surface area contributed by atoms with Crippen molar-refractivity contribution in [2.24, 2.45) is 14.1 Å². The van der Waals surface area contributed by atoms with Crippen LogP contribution in [0, 0.1) is 0 Å². The van der Waals surface area contributed by atoms with Crippen LogP contribution in [-0.2, 0) is 14.1 Å². The van der Waals surface area contributed by atoms with Crippen LogP contribution in [0.5, 0.6) is 0 Å². The number of aromatic nitrogens is 3. The molecule has 58 valence electrons. The van der Waals surface area contributed by atoms with Crippen LogP contribution in [0.4, 0.5) is 5.95 Å². The van der Waals surface area contributed by atoms with Crippen LogP contribution < -0.4 is 5.73 Å². The fourth-order valence-electron chi connectivity index (χ4n) is 1.21. The summed E-state index contributed by atoms with van der Waals surface area (Å²) in [5.41, 5.74) is 7.61. The molecule has 0 aliphatic rings. The Kier molecular flexibility index (Phi) is 1.01. The molecular weight excluding hydrogens is 140 g/mol. The first-order valence-electron chi connectivity index (χ1n) is 3.43. The maximum Gasteiger partial charge on any atom is 0.202 e. The molecule has 0 aliphatic carbocycles. The molecule has 0 saturated carbocycles. The second kappa shape index (κ2) is 1.78. The predicted octanol–water partition coefficient (Wildman–Crippen LogP) is 0.494. The SMILES string of the molecule is Cn1ccc2c1nc(N)n2C. The summed E-state index contributed by atoms with van der Waals surface area (Å²) in [4.78, 5) is 4.18. The molecule has 0 amide bonds. The van der Waals surface area contributed by atoms with Gasteiger partial charge in [0, 0.05) is 20.3 Å². The molecule has 0 radical (unpaired) electrons. The highest BCUT2D eigenvalue weighted by Gasteiger charge is 2.05. The van der Waals surface area contributed by atoms with E-state index in [1.807, 2.05) is 35.5 Å². The fraction of sp³-hybridized carbons (Fsp3) is 0.286. The third-order valence-electron chi connectivity index (χ3n) is 1.94. The van der Waals surface area contributed by atoms with Gasteiger partial charge in [-0.15, -0.1) is 0 Å². The van der Waals surface area contributed by atoms with E-state index in [-0.39, 0.29) is 0 Å². The van der Waals surface area contributed by atoms with Crippen LogP contribution in [0.2, 0.25) is 0 Å². The highest BCUT2D eigenvalue weighted by Crippen LogP contribution is 2.15. The standard InChI is InChI=1S/C7H10N4/c1-10-4-3-5-6(10)9-7(8)11(5)2/h3-4H,1-2H3,(H2,8,9). The van der Waals surface area contributed by atoms with Gasteiger partial charge >= 0.3 is 0 Å². The molecule has 0 fully saturated rings. The van der Waals surface area contributed by atoms with Gasteiger partial charge in [0.1, 0.15) is 0 Å². The number of nitrogens with two attached hydrogens (primary N) is 1. The van der Waals surface area contributed by atoms with Crippen molar-refractivity contribution in [3.05, 3.63) is 12.3 Å². The lowest BCUT2D eigenvalue weighted by Crippen LogP contribution is -1.96. The largest absolute Gasteiger partial charge is 0.369 e. The van der Waals surface area contributed by atoms with Gasteiger partial charge in [-0.2, -0.15) is 4.98 Å². The lowest BCUT2D eigenvalue weighted by molar-refractivity contribution is 0.943. The molecule has 0 aromatic carbocycles. The highest BCUT2D eigenvalue weighted by molar-refractivity contribution is 5.75. The number of hydrogen-bond acceptors (Lipinski definition) is 2. The van der Waals surface area contributed by atoms with Gasteiger partial charge in [-0.1, -0.05) is 0 Å². The number of hydrogen-bond donors (Lipinski definition) is 1. The van der Waals surface area contributed by atoms with Crippen molar-refractivity contribution in [1.29, 1.82) is 0 Å². The molecule has 0 spiro atoms. The molecule has 11 heavy (non-hydrogen) atoms. The molecule has 2 rings (SSSR count). The number of fused-ring (bicyclic) bond motifs is 1. The van der Waals surface area contributed by atoms with Crippen molar-refractivity contribution in [2.45, 2.75) is 0 Å². The van der Waals surface area contributed by atoms with Gasteiger partial charge in [-0.3, -0.25) is 0 Å². The zero-order valence-electron chi connectivity index (χ0n) is 6.57. The minimum absolute atomic E-state index is 0.561. The van der Waals surface area contributed by atoms with Crippen molar-refractivity contribution in [3.63, 3.8) is 0 Å². The smallest absolute Gasteiger partial charge is 0.202 e. The van der Waals surface area contributed by atoms with Gasteiger partial charge in [0.15, 0.2) is 5.65 Å². The quantitative estimate of drug-likeness (QED) is 0.594. The van der Waals surface area contributed by atoms with Crippen LogP contribution >= 0.6 is 0 Å². The van der Waals surface area contributed by atoms with E-state index < -0.39 is 0 Å². The molecule has 0 saturated heterocycles. The first-order chi connectivity index (χ1) is 5.20. The van der Waals surface area contributed by atoms with E-state index in [1.54, 1.807) is 0 Å². The summed E-state index contributed by atoms with van der Waals surface area (Å²) in [6.45, 7) is 0. The van der Waals surface area contributed by atoms with E-state index in [1.165, 1.54) is 0 Å². The minimum atomic E-state index is 0.561. The van der Waals surface area contributed by atoms with Crippen LogP contribution in [0.3, 0.4) is 0 Å². The van der Waals surface area contributed by atoms with E-state index in [0.29, 0.717) is 5.95 Å². The Morgan fingerprint density at radius 2 is 2.18 bits per heavy atom. The van der Waals surface area contributed by atoms with Crippen molar-refractivity contribution < 1.29 is 0 Å². The zero-order valence-corrected chi connectivity index (χ0v) is 6.57. The summed E-state index contributed by atoms with van der Waals surface area (Å²) >= 11 is 0. The first-order valence-corrected chi connectivity index (χ1v) is 3.43. The second-order valence-electron chi connectivity index (χ2n) is 2.66. The Morgan fingerprint density at radius 3 is 2.82 bits per heavy atom. The third-order valence-corrected chi connectivity index (χ3v) is 1.94. The number of imidazole rings is 1. The van der Waals surface area contributed by atoms with E-state index in [2.05, 4.69) is 4.98 Å². The lowest BCUT2D eigenvalue weighted by atomic mass is 10.6. The maximum absolute atomic E-state index is 5.60. The molecule has 2 aromatic rings. The van der Waals surface area contributed by atoms with Crippen molar-refractivity contribution >= 4 is 17.1 Å². The van der Waals surface area contributed by atoms with Crippen LogP contribution in [-0.4, -0.2) is 14.1 Å². The van der Waals surface area contributed by atoms with E-state index >= 15 is 0 Å². The predicted molar refractivity (Wildman–Crippen MR) is 44.1 cm³/mol. The van der Waals surface area contributed by atoms with Gasteiger partial charge in [0.2, 0.25) is 5.95 Å². The lowest BCUT2D eigenvalue weighted by Gasteiger charge is -1.90. The van der Waals surface area contributed by atoms with Gasteiger partial charge in [-0.25, -0.2) is 0 Å². The van der Waals surface area contributed by atoms with Gasteiger partial charge < -0.3 is 14.9 Å². The van der Waals surface area contributed by atoms with Crippen LogP contribution in [0.15, 0.2) is 12.3 Å². The fourth-order valence-corrected chi connectivity index (χ4v) is 1.21. The average molecular weight is 150 g/mol. The summed E-state index contributed by atoms with van der Waals surface area (Å²) in [7, 11) is 3.86. The van der Waals surface area contributed by atoms with E-state index in [0.717, 1.165) is 11.2 Å². The molecular formula is C7H10N4. The van der Waals surface area contributed by atoms with E-state index in [9.17, 15) is 0 Å². The van der Waals surface area contributed by atoms with Crippen molar-refractivity contribution in [1.82, 2.24) is 14.1 Å². The van der Waals surface area contributed by atoms with Gasteiger partial charge in [0.25, 0.3) is 0 Å². The number of aryl methyl sites for hydroxylation is 2. The summed E-state index contributed by atoms with van der Waals surface area (Å²) in [5, 5.41) is 0. The van der Waals surface area contributed by atoms with Crippen molar-refractivity contribution in [2.75, 3.05) is 5.73 Å². The summed E-state index contributed by atoms with van der Waals surface area (Å²) in [5.74, 6) is 0.561. The average Bonchev–Trinajstić information content (AvgIpc) is 2.43. The van der Waals surface area contributed by atoms with Crippen LogP contribution in [0.1, 0.15) is 0 Å². The molecule has 2 N–H and O–H groups in total. The molecule has 0 unspecified atom stereocenters. The molecule has 0 atom stereocenters. The molecule has 0 aliphatic heterocycles. The third kappa shape index (κ3) is 0.661. The summed E-state index contributed by atoms with van der Waals surface area (Å²) < 4.78 is 3.82. The molecule has 4 heteroatoms.